The molecule has 0 aliphatic carbocycles. The Morgan fingerprint density at radius 1 is 1.22 bits per heavy atom. The Morgan fingerprint density at radius 2 is 2.00 bits per heavy atom. The lowest BCUT2D eigenvalue weighted by atomic mass is 10.1. The van der Waals surface area contributed by atoms with Gasteiger partial charge in [0.1, 0.15) is 18.0 Å². The molecule has 1 aliphatic heterocycles. The number of likely N-dealkylation sites (N-methyl/N-ethyl adjacent to an activating group) is 1. The third-order valence-corrected chi connectivity index (χ3v) is 5.32. The number of anilines is 2. The summed E-state index contributed by atoms with van der Waals surface area (Å²) in [6, 6.07) is 12.0. The molecule has 8 heteroatoms. The Balaban J connectivity index is 1.91. The summed E-state index contributed by atoms with van der Waals surface area (Å²) in [6.07, 6.45) is 5.50. The fourth-order valence-corrected chi connectivity index (χ4v) is 3.62. The standard InChI is InChI=1S/C24H25N3O5/c1-5-16-7-6-8-18(11-16)26(15-22(28)25-2)24(30)17-12-23(29)27(14-17)20-13-19(31-3)9-10-21(20)32-4/h1,6-11,13,17H,12,14-15H2,2-4H3,(H,25,28). The molecule has 8 nitrogen and oxygen atoms in total. The Morgan fingerprint density at radius 3 is 2.66 bits per heavy atom. The molecular weight excluding hydrogens is 410 g/mol. The van der Waals surface area contributed by atoms with E-state index in [4.69, 9.17) is 15.9 Å². The van der Waals surface area contributed by atoms with E-state index in [-0.39, 0.29) is 37.2 Å². The second-order valence-corrected chi connectivity index (χ2v) is 7.24. The van der Waals surface area contributed by atoms with Crippen LogP contribution < -0.4 is 24.6 Å². The average Bonchev–Trinajstić information content (AvgIpc) is 3.22. The van der Waals surface area contributed by atoms with Gasteiger partial charge >= 0.3 is 0 Å². The molecule has 0 spiro atoms. The number of amides is 3. The lowest BCUT2D eigenvalue weighted by Gasteiger charge is -2.25. The van der Waals surface area contributed by atoms with E-state index in [9.17, 15) is 14.4 Å². The molecule has 0 bridgehead atoms. The van der Waals surface area contributed by atoms with Gasteiger partial charge in [-0.3, -0.25) is 14.4 Å². The van der Waals surface area contributed by atoms with E-state index >= 15 is 0 Å². The zero-order valence-corrected chi connectivity index (χ0v) is 18.3. The minimum atomic E-state index is -0.641. The Hall–Kier alpha value is -3.99. The van der Waals surface area contributed by atoms with Crippen molar-refractivity contribution in [3.05, 3.63) is 48.0 Å². The summed E-state index contributed by atoms with van der Waals surface area (Å²) in [5, 5.41) is 2.53. The summed E-state index contributed by atoms with van der Waals surface area (Å²) in [4.78, 5) is 41.3. The largest absolute Gasteiger partial charge is 0.497 e. The third-order valence-electron chi connectivity index (χ3n) is 5.32. The maximum atomic E-state index is 13.5. The monoisotopic (exact) mass is 435 g/mol. The smallest absolute Gasteiger partial charge is 0.239 e. The fourth-order valence-electron chi connectivity index (χ4n) is 3.62. The molecule has 0 saturated carbocycles. The van der Waals surface area contributed by atoms with Crippen molar-refractivity contribution < 1.29 is 23.9 Å². The highest BCUT2D eigenvalue weighted by atomic mass is 16.5. The van der Waals surface area contributed by atoms with Crippen LogP contribution in [-0.2, 0) is 14.4 Å². The van der Waals surface area contributed by atoms with E-state index in [2.05, 4.69) is 11.2 Å². The van der Waals surface area contributed by atoms with Crippen molar-refractivity contribution in [2.45, 2.75) is 6.42 Å². The quantitative estimate of drug-likeness (QED) is 0.671. The highest BCUT2D eigenvalue weighted by Gasteiger charge is 2.39. The lowest BCUT2D eigenvalue weighted by Crippen LogP contribution is -2.43. The van der Waals surface area contributed by atoms with Gasteiger partial charge in [0.05, 0.1) is 25.8 Å². The zero-order chi connectivity index (χ0) is 23.3. The van der Waals surface area contributed by atoms with Gasteiger partial charge < -0.3 is 24.6 Å². The van der Waals surface area contributed by atoms with Crippen molar-refractivity contribution >= 4 is 29.1 Å². The van der Waals surface area contributed by atoms with Gasteiger partial charge in [0, 0.05) is 37.3 Å². The van der Waals surface area contributed by atoms with Gasteiger partial charge in [-0.2, -0.15) is 0 Å². The van der Waals surface area contributed by atoms with Crippen molar-refractivity contribution in [1.29, 1.82) is 0 Å². The van der Waals surface area contributed by atoms with Gasteiger partial charge in [-0.05, 0) is 30.3 Å². The molecule has 2 aromatic rings. The number of hydrogen-bond acceptors (Lipinski definition) is 5. The van der Waals surface area contributed by atoms with Crippen LogP contribution >= 0.6 is 0 Å². The Bertz CT molecular complexity index is 1080. The average molecular weight is 435 g/mol. The number of terminal acetylenes is 1. The van der Waals surface area contributed by atoms with Gasteiger partial charge in [-0.15, -0.1) is 6.42 Å². The minimum Gasteiger partial charge on any atom is -0.497 e. The van der Waals surface area contributed by atoms with Crippen LogP contribution in [0.1, 0.15) is 12.0 Å². The molecule has 32 heavy (non-hydrogen) atoms. The molecular formula is C24H25N3O5. The highest BCUT2D eigenvalue weighted by Crippen LogP contribution is 2.36. The maximum absolute atomic E-state index is 13.5. The molecule has 1 unspecified atom stereocenters. The van der Waals surface area contributed by atoms with Crippen LogP contribution in [0.25, 0.3) is 0 Å². The summed E-state index contributed by atoms with van der Waals surface area (Å²) in [7, 11) is 4.54. The van der Waals surface area contributed by atoms with Crippen LogP contribution in [0.5, 0.6) is 11.5 Å². The first-order valence-corrected chi connectivity index (χ1v) is 10.0. The summed E-state index contributed by atoms with van der Waals surface area (Å²) >= 11 is 0. The Labute approximate surface area is 187 Å². The number of carbonyl (C=O) groups is 3. The van der Waals surface area contributed by atoms with E-state index in [1.54, 1.807) is 42.5 Å². The van der Waals surface area contributed by atoms with Gasteiger partial charge in [-0.25, -0.2) is 0 Å². The van der Waals surface area contributed by atoms with Gasteiger partial charge in [0.2, 0.25) is 17.7 Å². The number of benzene rings is 2. The second kappa shape index (κ2) is 9.88. The van der Waals surface area contributed by atoms with E-state index in [0.29, 0.717) is 28.4 Å². The van der Waals surface area contributed by atoms with Gasteiger partial charge in [0.25, 0.3) is 0 Å². The normalized spacial score (nSPS) is 15.1. The first-order chi connectivity index (χ1) is 15.4. The number of hydrogen-bond donors (Lipinski definition) is 1. The van der Waals surface area contributed by atoms with Crippen LogP contribution in [0.4, 0.5) is 11.4 Å². The van der Waals surface area contributed by atoms with E-state index < -0.39 is 5.92 Å². The van der Waals surface area contributed by atoms with Crippen molar-refractivity contribution in [1.82, 2.24) is 5.32 Å². The summed E-state index contributed by atoms with van der Waals surface area (Å²) < 4.78 is 10.7. The first-order valence-electron chi connectivity index (χ1n) is 10.0. The number of carbonyl (C=O) groups excluding carboxylic acids is 3. The fraction of sp³-hybridized carbons (Fsp3) is 0.292. The molecule has 1 heterocycles. The molecule has 3 rings (SSSR count). The van der Waals surface area contributed by atoms with Crippen molar-refractivity contribution in [2.75, 3.05) is 44.2 Å². The first kappa shape index (κ1) is 22.7. The predicted molar refractivity (Wildman–Crippen MR) is 121 cm³/mol. The predicted octanol–water partition coefficient (Wildman–Crippen LogP) is 1.82. The highest BCUT2D eigenvalue weighted by molar-refractivity contribution is 6.06. The molecule has 1 saturated heterocycles. The molecule has 1 aliphatic rings. The number of nitrogens with zero attached hydrogens (tertiary/aromatic N) is 2. The van der Waals surface area contributed by atoms with Crippen LogP contribution in [0.3, 0.4) is 0 Å². The number of ether oxygens (including phenoxy) is 2. The van der Waals surface area contributed by atoms with Crippen LogP contribution in [0.15, 0.2) is 42.5 Å². The molecule has 1 fully saturated rings. The van der Waals surface area contributed by atoms with Gasteiger partial charge in [-0.1, -0.05) is 12.0 Å². The van der Waals surface area contributed by atoms with E-state index in [0.717, 1.165) is 0 Å². The minimum absolute atomic E-state index is 0.0122. The van der Waals surface area contributed by atoms with Gasteiger partial charge in [0.15, 0.2) is 0 Å². The lowest BCUT2D eigenvalue weighted by molar-refractivity contribution is -0.126. The number of rotatable bonds is 7. The number of methoxy groups -OCH3 is 2. The topological polar surface area (TPSA) is 88.2 Å². The summed E-state index contributed by atoms with van der Waals surface area (Å²) in [6.45, 7) is -0.0310. The summed E-state index contributed by atoms with van der Waals surface area (Å²) in [5.74, 6) is 2.07. The molecule has 1 atom stereocenters. The SMILES string of the molecule is C#Cc1cccc(N(CC(=O)NC)C(=O)C2CC(=O)N(c3cc(OC)ccc3OC)C2)c1. The molecule has 166 valence electrons. The van der Waals surface area contributed by atoms with Crippen LogP contribution in [-0.4, -0.2) is 52.1 Å². The molecule has 0 radical (unpaired) electrons. The Kier molecular flexibility index (Phi) is 7.00. The van der Waals surface area contributed by atoms with E-state index in [1.165, 1.54) is 31.1 Å². The van der Waals surface area contributed by atoms with Crippen LogP contribution in [0.2, 0.25) is 0 Å². The zero-order valence-electron chi connectivity index (χ0n) is 18.3. The maximum Gasteiger partial charge on any atom is 0.239 e. The van der Waals surface area contributed by atoms with Crippen LogP contribution in [0, 0.1) is 18.3 Å². The van der Waals surface area contributed by atoms with Crippen molar-refractivity contribution in [3.8, 4) is 23.8 Å². The second-order valence-electron chi connectivity index (χ2n) is 7.24. The van der Waals surface area contributed by atoms with Crippen molar-refractivity contribution in [3.63, 3.8) is 0 Å². The molecule has 3 amide bonds. The third kappa shape index (κ3) is 4.67. The molecule has 0 aromatic heterocycles. The molecule has 1 N–H and O–H groups in total. The van der Waals surface area contributed by atoms with E-state index in [1.807, 2.05) is 0 Å². The molecule has 2 aromatic carbocycles. The van der Waals surface area contributed by atoms with Crippen molar-refractivity contribution in [2.24, 2.45) is 5.92 Å². The summed E-state index contributed by atoms with van der Waals surface area (Å²) in [5.41, 5.74) is 1.61. The number of nitrogens with one attached hydrogen (secondary N) is 1.